The highest BCUT2D eigenvalue weighted by Crippen LogP contribution is 2.74. The molecule has 5 rings (SSSR count). The summed E-state index contributed by atoms with van der Waals surface area (Å²) in [4.78, 5) is 27.9. The summed E-state index contributed by atoms with van der Waals surface area (Å²) < 4.78 is 30.1. The number of carbonyl (C=O) groups is 2. The number of phosphoric acid groups is 1. The quantitative estimate of drug-likeness (QED) is 0.265. The molecule has 0 spiro atoms. The molecule has 0 unspecified atom stereocenters. The number of hydrogen-bond acceptors (Lipinski definition) is 7. The van der Waals surface area contributed by atoms with Crippen LogP contribution in [-0.2, 0) is 27.7 Å². The molecule has 43 heavy (non-hydrogen) atoms. The molecule has 5 aliphatic rings. The molecule has 0 N–H and O–H groups in total. The Bertz CT molecular complexity index is 1270. The minimum atomic E-state index is -3.62. The largest absolute Gasteiger partial charge is 0.474 e. The van der Waals surface area contributed by atoms with Crippen LogP contribution in [0.15, 0.2) is 11.6 Å². The zero-order valence-electron chi connectivity index (χ0n) is 28.0. The molecule has 4 saturated carbocycles. The second-order valence-corrected chi connectivity index (χ2v) is 18.2. The summed E-state index contributed by atoms with van der Waals surface area (Å²) in [5, 5.41) is 9.96. The maximum Gasteiger partial charge on any atom is 0.474 e. The van der Waals surface area contributed by atoms with Crippen LogP contribution in [0.25, 0.3) is 0 Å². The minimum absolute atomic E-state index is 0.0223. The van der Waals surface area contributed by atoms with Crippen LogP contribution in [0.4, 0.5) is 0 Å². The molecule has 0 aromatic carbocycles. The van der Waals surface area contributed by atoms with Crippen molar-refractivity contribution in [2.24, 2.45) is 62.6 Å². The first-order chi connectivity index (χ1) is 19.9. The van der Waals surface area contributed by atoms with Crippen molar-refractivity contribution in [1.29, 1.82) is 5.26 Å². The third kappa shape index (κ3) is 4.97. The number of fused-ring (bicyclic) bond motifs is 7. The van der Waals surface area contributed by atoms with Gasteiger partial charge in [0.05, 0.1) is 25.4 Å². The molecule has 0 aliphatic heterocycles. The molecule has 0 radical (unpaired) electrons. The van der Waals surface area contributed by atoms with Gasteiger partial charge in [-0.15, -0.1) is 0 Å². The Balaban J connectivity index is 1.50. The molecule has 8 heteroatoms. The predicted octanol–water partition coefficient (Wildman–Crippen LogP) is 8.34. The topological polar surface area (TPSA) is 103 Å². The standard InChI is InChI=1S/C35H54NO6P/c1-10-40-43(39,41-11-2)42-21-23-17-31(3,4)19-25-24(23)12-14-35(9)29(25)26(37)16-28-33(7)18-22(20-36)30(38)32(5,6)27(33)13-15-34(28,35)8/h18,23-25,27-29H,10-17,19,21H2,1-9H3/t23-,24+,25-,27-,28+,29-,33-,34+,35+/m0/s1. The fraction of sp³-hybridized carbons (Fsp3) is 0.857. The van der Waals surface area contributed by atoms with Crippen molar-refractivity contribution in [2.75, 3.05) is 19.8 Å². The Kier molecular flexibility index (Phi) is 8.37. The molecule has 0 heterocycles. The third-order valence-corrected chi connectivity index (χ3v) is 15.1. The lowest BCUT2D eigenvalue weighted by atomic mass is 9.32. The van der Waals surface area contributed by atoms with Gasteiger partial charge in [0.2, 0.25) is 0 Å². The summed E-state index contributed by atoms with van der Waals surface area (Å²) in [6.45, 7) is 20.1. The van der Waals surface area contributed by atoms with E-state index in [0.29, 0.717) is 24.7 Å². The van der Waals surface area contributed by atoms with Gasteiger partial charge in [-0.1, -0.05) is 54.5 Å². The van der Waals surface area contributed by atoms with E-state index in [0.717, 1.165) is 38.5 Å². The highest BCUT2D eigenvalue weighted by molar-refractivity contribution is 7.48. The van der Waals surface area contributed by atoms with E-state index in [-0.39, 0.29) is 70.4 Å². The van der Waals surface area contributed by atoms with Crippen molar-refractivity contribution in [3.05, 3.63) is 11.6 Å². The molecule has 0 bridgehead atoms. The third-order valence-electron chi connectivity index (χ3n) is 13.4. The second-order valence-electron chi connectivity index (χ2n) is 16.5. The van der Waals surface area contributed by atoms with E-state index >= 15 is 0 Å². The van der Waals surface area contributed by atoms with Gasteiger partial charge in [-0.05, 0) is 104 Å². The lowest BCUT2D eigenvalue weighted by Gasteiger charge is -2.71. The van der Waals surface area contributed by atoms with Gasteiger partial charge in [-0.25, -0.2) is 4.57 Å². The second kappa shape index (κ2) is 10.9. The van der Waals surface area contributed by atoms with Crippen molar-refractivity contribution >= 4 is 19.4 Å². The monoisotopic (exact) mass is 615 g/mol. The molecular weight excluding hydrogens is 561 g/mol. The van der Waals surface area contributed by atoms with Gasteiger partial charge in [0.25, 0.3) is 0 Å². The fourth-order valence-corrected chi connectivity index (χ4v) is 12.9. The maximum absolute atomic E-state index is 14.6. The van der Waals surface area contributed by atoms with Crippen molar-refractivity contribution in [1.82, 2.24) is 0 Å². The number of carbonyl (C=O) groups excluding carboxylic acids is 2. The Hall–Kier alpha value is -1.32. The molecule has 5 aliphatic carbocycles. The SMILES string of the molecule is CCOP(=O)(OCC)OC[C@@H]1CC(C)(C)C[C@H]2[C@@H]1CC[C@]1(C)[C@@H]2C(=O)C[C@@H]2[C@@]3(C)C=C(C#N)C(=O)C(C)(C)[C@@H]3CC[C@]21C. The van der Waals surface area contributed by atoms with Crippen LogP contribution in [0, 0.1) is 73.9 Å². The first kappa shape index (κ1) is 33.1. The Morgan fingerprint density at radius 3 is 2.12 bits per heavy atom. The molecule has 240 valence electrons. The molecular formula is C35H54NO6P. The van der Waals surface area contributed by atoms with Crippen LogP contribution in [0.1, 0.15) is 107 Å². The molecule has 7 nitrogen and oxygen atoms in total. The Labute approximate surface area is 259 Å². The smallest absolute Gasteiger partial charge is 0.299 e. The number of nitrogens with zero attached hydrogens (tertiary/aromatic N) is 1. The van der Waals surface area contributed by atoms with Gasteiger partial charge < -0.3 is 0 Å². The molecule has 4 fully saturated rings. The number of nitriles is 1. The van der Waals surface area contributed by atoms with Crippen molar-refractivity contribution in [3.63, 3.8) is 0 Å². The van der Waals surface area contributed by atoms with Crippen LogP contribution in [0.5, 0.6) is 0 Å². The molecule has 9 atom stereocenters. The normalized spacial score (nSPS) is 43.4. The molecule has 0 aromatic rings. The van der Waals surface area contributed by atoms with E-state index in [9.17, 15) is 19.4 Å². The zero-order chi connectivity index (χ0) is 31.8. The fourth-order valence-electron chi connectivity index (χ4n) is 11.6. The lowest BCUT2D eigenvalue weighted by molar-refractivity contribution is -0.215. The van der Waals surface area contributed by atoms with Gasteiger partial charge in [0, 0.05) is 17.8 Å². The Morgan fingerprint density at radius 2 is 1.51 bits per heavy atom. The summed E-state index contributed by atoms with van der Waals surface area (Å²) in [5.41, 5.74) is -1.00. The van der Waals surface area contributed by atoms with Crippen molar-refractivity contribution < 1.29 is 27.7 Å². The van der Waals surface area contributed by atoms with Crippen molar-refractivity contribution in [3.8, 4) is 6.07 Å². The number of Topliss-reactive ketones (excluding diaryl/α,β-unsaturated/α-hetero) is 2. The molecule has 0 amide bonds. The van der Waals surface area contributed by atoms with Crippen molar-refractivity contribution in [2.45, 2.75) is 107 Å². The van der Waals surface area contributed by atoms with E-state index < -0.39 is 18.7 Å². The van der Waals surface area contributed by atoms with E-state index in [1.54, 1.807) is 13.8 Å². The van der Waals surface area contributed by atoms with E-state index in [1.165, 1.54) is 0 Å². The number of ketones is 2. The summed E-state index contributed by atoms with van der Waals surface area (Å²) in [7, 11) is -3.62. The van der Waals surface area contributed by atoms with Gasteiger partial charge in [0.15, 0.2) is 5.78 Å². The molecule has 0 saturated heterocycles. The number of phosphoric ester groups is 1. The summed E-state index contributed by atoms with van der Waals surface area (Å²) in [6, 6.07) is 2.22. The predicted molar refractivity (Wildman–Crippen MR) is 166 cm³/mol. The van der Waals surface area contributed by atoms with Crippen LogP contribution in [-0.4, -0.2) is 31.4 Å². The maximum atomic E-state index is 14.6. The van der Waals surface area contributed by atoms with E-state index in [2.05, 4.69) is 40.7 Å². The van der Waals surface area contributed by atoms with Crippen LogP contribution < -0.4 is 0 Å². The number of rotatable bonds is 7. The summed E-state index contributed by atoms with van der Waals surface area (Å²) >= 11 is 0. The van der Waals surface area contributed by atoms with Gasteiger partial charge >= 0.3 is 7.82 Å². The first-order valence-electron chi connectivity index (χ1n) is 16.7. The number of hydrogen-bond donors (Lipinski definition) is 0. The average Bonchev–Trinajstić information content (AvgIpc) is 2.90. The van der Waals surface area contributed by atoms with Crippen LogP contribution in [0.3, 0.4) is 0 Å². The lowest BCUT2D eigenvalue weighted by Crippen LogP contribution is -2.67. The summed E-state index contributed by atoms with van der Waals surface area (Å²) in [6.07, 6.45) is 8.30. The van der Waals surface area contributed by atoms with Gasteiger partial charge in [-0.3, -0.25) is 23.2 Å². The van der Waals surface area contributed by atoms with Gasteiger partial charge in [-0.2, -0.15) is 5.26 Å². The first-order valence-corrected chi connectivity index (χ1v) is 18.1. The average molecular weight is 616 g/mol. The Morgan fingerprint density at radius 1 is 0.884 bits per heavy atom. The zero-order valence-corrected chi connectivity index (χ0v) is 28.9. The van der Waals surface area contributed by atoms with Gasteiger partial charge in [0.1, 0.15) is 11.9 Å². The van der Waals surface area contributed by atoms with E-state index in [4.69, 9.17) is 13.6 Å². The minimum Gasteiger partial charge on any atom is -0.299 e. The highest BCUT2D eigenvalue weighted by Gasteiger charge is 2.71. The van der Waals surface area contributed by atoms with E-state index in [1.807, 2.05) is 19.9 Å². The summed E-state index contributed by atoms with van der Waals surface area (Å²) in [5.74, 6) is 1.17. The highest BCUT2D eigenvalue weighted by atomic mass is 31.2. The molecule has 0 aromatic heterocycles. The van der Waals surface area contributed by atoms with Crippen LogP contribution in [0.2, 0.25) is 0 Å². The van der Waals surface area contributed by atoms with Crippen LogP contribution >= 0.6 is 7.82 Å². The number of allylic oxidation sites excluding steroid dienone is 2.